The second-order valence-electron chi connectivity index (χ2n) is 4.47. The maximum Gasteiger partial charge on any atom is 0.316 e. The first kappa shape index (κ1) is 13.8. The summed E-state index contributed by atoms with van der Waals surface area (Å²) in [5, 5.41) is 8.97. The van der Waals surface area contributed by atoms with Gasteiger partial charge in [-0.05, 0) is 29.8 Å². The van der Waals surface area contributed by atoms with Gasteiger partial charge in [0.1, 0.15) is 11.1 Å². The number of nitrogens with zero attached hydrogens (tertiary/aromatic N) is 1. The third-order valence-electron chi connectivity index (χ3n) is 3.14. The van der Waals surface area contributed by atoms with Crippen molar-refractivity contribution in [3.8, 4) is 0 Å². The number of carbonyl (C=O) groups excluding carboxylic acids is 1. The number of hydrogen-bond acceptors (Lipinski definition) is 5. The zero-order chi connectivity index (χ0) is 14.7. The molecule has 5 nitrogen and oxygen atoms in total. The van der Waals surface area contributed by atoms with Crippen LogP contribution in [0.3, 0.4) is 0 Å². The van der Waals surface area contributed by atoms with Gasteiger partial charge in [0, 0.05) is 5.39 Å². The molecule has 1 aromatic heterocycles. The molecule has 0 amide bonds. The van der Waals surface area contributed by atoms with Gasteiger partial charge in [-0.25, -0.2) is 0 Å². The molecule has 21 heavy (non-hydrogen) atoms. The number of ether oxygens (including phenoxy) is 2. The monoisotopic (exact) mass is 302 g/mol. The summed E-state index contributed by atoms with van der Waals surface area (Å²) < 4.78 is 10.2. The summed E-state index contributed by atoms with van der Waals surface area (Å²) in [7, 11) is 1.38. The summed E-state index contributed by atoms with van der Waals surface area (Å²) in [4.78, 5) is 11.2. The number of esters is 1. The number of benzene rings is 1. The van der Waals surface area contributed by atoms with Crippen LogP contribution in [-0.2, 0) is 14.3 Å². The van der Waals surface area contributed by atoms with Crippen LogP contribution in [0.15, 0.2) is 47.7 Å². The van der Waals surface area contributed by atoms with E-state index in [1.807, 2.05) is 36.4 Å². The van der Waals surface area contributed by atoms with Crippen molar-refractivity contribution in [2.45, 2.75) is 11.1 Å². The first-order chi connectivity index (χ1) is 10.3. The molecule has 1 aliphatic rings. The van der Waals surface area contributed by atoms with E-state index in [0.29, 0.717) is 0 Å². The van der Waals surface area contributed by atoms with Crippen molar-refractivity contribution in [1.29, 1.82) is 0 Å². The van der Waals surface area contributed by atoms with Crippen molar-refractivity contribution in [3.63, 3.8) is 0 Å². The number of nitrogens with one attached hydrogen (secondary N) is 1. The summed E-state index contributed by atoms with van der Waals surface area (Å²) in [6, 6.07) is 6.01. The fourth-order valence-electron chi connectivity index (χ4n) is 2.06. The summed E-state index contributed by atoms with van der Waals surface area (Å²) in [5.74, 6) is -0.0283. The molecule has 1 N–H and O–H groups in total. The standard InChI is InChI=1S/C15H14N2O3S/c1-19-14(18)9-21-15-11-8-10(5-6-12(11)16-17-15)13-4-2-3-7-20-13/h2-8,13H,9H2,1H3,(H,16,17). The molecule has 2 heterocycles. The van der Waals surface area contributed by atoms with Gasteiger partial charge < -0.3 is 9.47 Å². The molecule has 1 atom stereocenters. The Kier molecular flexibility index (Phi) is 3.96. The number of carbonyl (C=O) groups is 1. The van der Waals surface area contributed by atoms with E-state index in [4.69, 9.17) is 4.74 Å². The summed E-state index contributed by atoms with van der Waals surface area (Å²) in [6.45, 7) is 0. The number of fused-ring (bicyclic) bond motifs is 1. The van der Waals surface area contributed by atoms with E-state index in [1.54, 1.807) is 6.26 Å². The van der Waals surface area contributed by atoms with Gasteiger partial charge in [-0.2, -0.15) is 5.10 Å². The van der Waals surface area contributed by atoms with Crippen molar-refractivity contribution in [2.75, 3.05) is 12.9 Å². The summed E-state index contributed by atoms with van der Waals surface area (Å²) >= 11 is 1.35. The van der Waals surface area contributed by atoms with Crippen LogP contribution in [0, 0.1) is 0 Å². The van der Waals surface area contributed by atoms with Crippen LogP contribution in [0.25, 0.3) is 10.9 Å². The lowest BCUT2D eigenvalue weighted by Crippen LogP contribution is -2.03. The Balaban J connectivity index is 1.87. The van der Waals surface area contributed by atoms with E-state index in [1.165, 1.54) is 18.9 Å². The van der Waals surface area contributed by atoms with E-state index in [-0.39, 0.29) is 17.8 Å². The Bertz CT molecular complexity index is 721. The van der Waals surface area contributed by atoms with Gasteiger partial charge in [-0.15, -0.1) is 0 Å². The molecule has 1 unspecified atom stereocenters. The Morgan fingerprint density at radius 2 is 2.38 bits per heavy atom. The number of aromatic nitrogens is 2. The van der Waals surface area contributed by atoms with Crippen LogP contribution in [0.5, 0.6) is 0 Å². The van der Waals surface area contributed by atoms with Gasteiger partial charge in [0.25, 0.3) is 0 Å². The van der Waals surface area contributed by atoms with Crippen molar-refractivity contribution < 1.29 is 14.3 Å². The Labute approximate surface area is 126 Å². The van der Waals surface area contributed by atoms with Crippen LogP contribution >= 0.6 is 11.8 Å². The molecule has 0 spiro atoms. The quantitative estimate of drug-likeness (QED) is 0.695. The number of thioether (sulfide) groups is 1. The highest BCUT2D eigenvalue weighted by atomic mass is 32.2. The van der Waals surface area contributed by atoms with Crippen LogP contribution < -0.4 is 0 Å². The highest BCUT2D eigenvalue weighted by Gasteiger charge is 2.14. The lowest BCUT2D eigenvalue weighted by molar-refractivity contribution is -0.137. The molecule has 0 fully saturated rings. The normalized spacial score (nSPS) is 16.9. The number of allylic oxidation sites excluding steroid dienone is 2. The van der Waals surface area contributed by atoms with Gasteiger partial charge >= 0.3 is 5.97 Å². The molecule has 0 saturated heterocycles. The number of aromatic amines is 1. The topological polar surface area (TPSA) is 64.2 Å². The van der Waals surface area contributed by atoms with Crippen molar-refractivity contribution in [2.24, 2.45) is 0 Å². The van der Waals surface area contributed by atoms with Crippen molar-refractivity contribution in [1.82, 2.24) is 10.2 Å². The number of rotatable bonds is 4. The third-order valence-corrected chi connectivity index (χ3v) is 4.10. The number of H-pyrrole nitrogens is 1. The van der Waals surface area contributed by atoms with E-state index in [9.17, 15) is 4.79 Å². The molecule has 1 aliphatic heterocycles. The van der Waals surface area contributed by atoms with E-state index < -0.39 is 0 Å². The minimum atomic E-state index is -0.268. The molecule has 6 heteroatoms. The molecule has 0 saturated carbocycles. The van der Waals surface area contributed by atoms with Crippen LogP contribution in [0.1, 0.15) is 11.7 Å². The first-order valence-corrected chi connectivity index (χ1v) is 7.43. The Morgan fingerprint density at radius 1 is 1.48 bits per heavy atom. The van der Waals surface area contributed by atoms with E-state index >= 15 is 0 Å². The largest absolute Gasteiger partial charge is 0.489 e. The summed E-state index contributed by atoms with van der Waals surface area (Å²) in [5.41, 5.74) is 1.98. The molecule has 108 valence electrons. The second kappa shape index (κ2) is 6.05. The second-order valence-corrected chi connectivity index (χ2v) is 5.43. The molecule has 3 rings (SSSR count). The van der Waals surface area contributed by atoms with Gasteiger partial charge in [0.15, 0.2) is 0 Å². The molecule has 0 aliphatic carbocycles. The Hall–Kier alpha value is -2.21. The Morgan fingerprint density at radius 3 is 3.14 bits per heavy atom. The zero-order valence-corrected chi connectivity index (χ0v) is 12.2. The lowest BCUT2D eigenvalue weighted by atomic mass is 10.1. The number of methoxy groups -OCH3 is 1. The lowest BCUT2D eigenvalue weighted by Gasteiger charge is -2.15. The van der Waals surface area contributed by atoms with Gasteiger partial charge in [-0.3, -0.25) is 9.89 Å². The fourth-order valence-corrected chi connectivity index (χ4v) is 2.86. The van der Waals surface area contributed by atoms with Crippen LogP contribution in [-0.4, -0.2) is 29.0 Å². The van der Waals surface area contributed by atoms with E-state index in [2.05, 4.69) is 14.9 Å². The first-order valence-electron chi connectivity index (χ1n) is 6.44. The molecular formula is C15H14N2O3S. The zero-order valence-electron chi connectivity index (χ0n) is 11.4. The average molecular weight is 302 g/mol. The predicted octanol–water partition coefficient (Wildman–Crippen LogP) is 2.97. The fraction of sp³-hybridized carbons (Fsp3) is 0.200. The van der Waals surface area contributed by atoms with Gasteiger partial charge in [0.2, 0.25) is 0 Å². The molecule has 0 bridgehead atoms. The smallest absolute Gasteiger partial charge is 0.316 e. The highest BCUT2D eigenvalue weighted by molar-refractivity contribution is 8.00. The molecule has 1 aromatic carbocycles. The minimum Gasteiger partial charge on any atom is -0.489 e. The predicted molar refractivity (Wildman–Crippen MR) is 80.9 cm³/mol. The molecule has 0 radical (unpaired) electrons. The third kappa shape index (κ3) is 2.95. The maximum atomic E-state index is 11.2. The molecular weight excluding hydrogens is 288 g/mol. The highest BCUT2D eigenvalue weighted by Crippen LogP contribution is 2.30. The van der Waals surface area contributed by atoms with Crippen LogP contribution in [0.2, 0.25) is 0 Å². The maximum absolute atomic E-state index is 11.2. The number of hydrogen-bond donors (Lipinski definition) is 1. The van der Waals surface area contributed by atoms with Crippen molar-refractivity contribution in [3.05, 3.63) is 48.3 Å². The molecule has 2 aromatic rings. The van der Waals surface area contributed by atoms with E-state index in [0.717, 1.165) is 21.5 Å². The SMILES string of the molecule is COC(=O)CSc1n[nH]c2ccc(C3C=CC=CO3)cc12. The minimum absolute atomic E-state index is 0.0900. The van der Waals surface area contributed by atoms with Crippen LogP contribution in [0.4, 0.5) is 0 Å². The summed E-state index contributed by atoms with van der Waals surface area (Å²) in [6.07, 6.45) is 7.39. The average Bonchev–Trinajstić information content (AvgIpc) is 2.95. The van der Waals surface area contributed by atoms with Gasteiger partial charge in [0.05, 0.1) is 24.6 Å². The van der Waals surface area contributed by atoms with Crippen molar-refractivity contribution >= 4 is 28.6 Å². The van der Waals surface area contributed by atoms with Gasteiger partial charge in [-0.1, -0.05) is 23.9 Å².